The molecule has 1 aliphatic heterocycles. The Morgan fingerprint density at radius 2 is 2.10 bits per heavy atom. The van der Waals surface area contributed by atoms with Gasteiger partial charge in [0.05, 0.1) is 10.7 Å². The second kappa shape index (κ2) is 8.13. The number of carbonyl (C=O) groups is 2. The van der Waals surface area contributed by atoms with Crippen LogP contribution in [0.1, 0.15) is 35.5 Å². The molecule has 0 radical (unpaired) electrons. The number of furan rings is 1. The van der Waals surface area contributed by atoms with Crippen LogP contribution in [0.4, 0.5) is 0 Å². The number of nitrogens with zero attached hydrogens (tertiary/aromatic N) is 2. The largest absolute Gasteiger partial charge is 0.460 e. The van der Waals surface area contributed by atoms with Crippen molar-refractivity contribution in [3.63, 3.8) is 0 Å². The zero-order chi connectivity index (χ0) is 20.4. The minimum atomic E-state index is -0.575. The van der Waals surface area contributed by atoms with Crippen LogP contribution >= 0.6 is 11.6 Å². The summed E-state index contributed by atoms with van der Waals surface area (Å²) in [6, 6.07) is 11.8. The van der Waals surface area contributed by atoms with Gasteiger partial charge in [-0.2, -0.15) is 5.10 Å². The fraction of sp³-hybridized carbons (Fsp3) is 0.286. The molecule has 1 saturated heterocycles. The molecule has 1 aromatic carbocycles. The Morgan fingerprint density at radius 1 is 1.28 bits per heavy atom. The number of rotatable bonds is 4. The van der Waals surface area contributed by atoms with Crippen molar-refractivity contribution >= 4 is 23.4 Å². The van der Waals surface area contributed by atoms with Gasteiger partial charge in [0.1, 0.15) is 23.2 Å². The summed E-state index contributed by atoms with van der Waals surface area (Å²) in [5, 5.41) is 10.7. The zero-order valence-electron chi connectivity index (χ0n) is 15.9. The van der Waals surface area contributed by atoms with Crippen molar-refractivity contribution in [1.29, 1.82) is 0 Å². The molecule has 1 fully saturated rings. The Kier molecular flexibility index (Phi) is 5.40. The number of benzene rings is 1. The van der Waals surface area contributed by atoms with Crippen LogP contribution < -0.4 is 10.6 Å². The van der Waals surface area contributed by atoms with E-state index in [2.05, 4.69) is 15.7 Å². The molecule has 0 bridgehead atoms. The Labute approximate surface area is 173 Å². The van der Waals surface area contributed by atoms with Crippen LogP contribution in [0, 0.1) is 6.92 Å². The SMILES string of the molecule is Cc1ccc(-c2cc(C(=O)NC3CCCCNC3=O)n(-c3ccccc3Cl)n2)o1. The van der Waals surface area contributed by atoms with Gasteiger partial charge in [-0.05, 0) is 50.5 Å². The van der Waals surface area contributed by atoms with Crippen molar-refractivity contribution in [3.05, 3.63) is 58.9 Å². The third-order valence-corrected chi connectivity index (χ3v) is 5.18. The summed E-state index contributed by atoms with van der Waals surface area (Å²) < 4.78 is 7.15. The number of para-hydroxylation sites is 1. The minimum absolute atomic E-state index is 0.165. The normalized spacial score (nSPS) is 16.9. The van der Waals surface area contributed by atoms with Crippen LogP contribution in [0.15, 0.2) is 46.9 Å². The standard InChI is InChI=1S/C21H21ClN4O3/c1-13-9-10-19(29-13)16-12-18(26(25-16)17-8-3-2-6-14(17)22)21(28)24-15-7-4-5-11-23-20(15)27/h2-3,6,8-10,12,15H,4-5,7,11H2,1H3,(H,23,27)(H,24,28). The molecule has 7 nitrogen and oxygen atoms in total. The first-order chi connectivity index (χ1) is 14.0. The number of halogens is 1. The molecule has 150 valence electrons. The monoisotopic (exact) mass is 412 g/mol. The number of nitrogens with one attached hydrogen (secondary N) is 2. The maximum atomic E-state index is 13.1. The zero-order valence-corrected chi connectivity index (χ0v) is 16.7. The predicted molar refractivity (Wildman–Crippen MR) is 109 cm³/mol. The maximum absolute atomic E-state index is 13.1. The third-order valence-electron chi connectivity index (χ3n) is 4.86. The summed E-state index contributed by atoms with van der Waals surface area (Å²) >= 11 is 6.35. The molecule has 4 rings (SSSR count). The van der Waals surface area contributed by atoms with Gasteiger partial charge in [0.25, 0.3) is 5.91 Å². The highest BCUT2D eigenvalue weighted by molar-refractivity contribution is 6.32. The highest BCUT2D eigenvalue weighted by Gasteiger charge is 2.26. The predicted octanol–water partition coefficient (Wildman–Crippen LogP) is 3.49. The lowest BCUT2D eigenvalue weighted by Gasteiger charge is -2.16. The molecule has 1 atom stereocenters. The first kappa shape index (κ1) is 19.3. The molecular weight excluding hydrogens is 392 g/mol. The minimum Gasteiger partial charge on any atom is -0.460 e. The number of amides is 2. The summed E-state index contributed by atoms with van der Waals surface area (Å²) in [5.41, 5.74) is 1.35. The lowest BCUT2D eigenvalue weighted by molar-refractivity contribution is -0.122. The van der Waals surface area contributed by atoms with Gasteiger partial charge in [-0.15, -0.1) is 0 Å². The maximum Gasteiger partial charge on any atom is 0.270 e. The Hall–Kier alpha value is -3.06. The van der Waals surface area contributed by atoms with E-state index in [1.807, 2.05) is 25.1 Å². The molecule has 3 aromatic rings. The molecule has 8 heteroatoms. The van der Waals surface area contributed by atoms with E-state index in [4.69, 9.17) is 16.0 Å². The average Bonchev–Trinajstić information content (AvgIpc) is 3.28. The second-order valence-electron chi connectivity index (χ2n) is 7.00. The molecule has 3 heterocycles. The van der Waals surface area contributed by atoms with Gasteiger partial charge in [-0.1, -0.05) is 23.7 Å². The van der Waals surface area contributed by atoms with Crippen molar-refractivity contribution in [1.82, 2.24) is 20.4 Å². The number of aromatic nitrogens is 2. The van der Waals surface area contributed by atoms with Crippen molar-refractivity contribution in [3.8, 4) is 17.1 Å². The number of hydrogen-bond donors (Lipinski definition) is 2. The van der Waals surface area contributed by atoms with E-state index in [-0.39, 0.29) is 11.6 Å². The Morgan fingerprint density at radius 3 is 2.86 bits per heavy atom. The molecule has 1 unspecified atom stereocenters. The van der Waals surface area contributed by atoms with E-state index < -0.39 is 11.9 Å². The summed E-state index contributed by atoms with van der Waals surface area (Å²) in [4.78, 5) is 25.3. The molecule has 2 amide bonds. The highest BCUT2D eigenvalue weighted by atomic mass is 35.5. The van der Waals surface area contributed by atoms with E-state index in [1.54, 1.807) is 24.3 Å². The fourth-order valence-electron chi connectivity index (χ4n) is 3.35. The van der Waals surface area contributed by atoms with Gasteiger partial charge in [0.2, 0.25) is 5.91 Å². The van der Waals surface area contributed by atoms with Gasteiger partial charge in [-0.25, -0.2) is 4.68 Å². The average molecular weight is 413 g/mol. The van der Waals surface area contributed by atoms with Crippen LogP contribution in [-0.4, -0.2) is 34.2 Å². The second-order valence-corrected chi connectivity index (χ2v) is 7.41. The van der Waals surface area contributed by atoms with Gasteiger partial charge < -0.3 is 15.1 Å². The van der Waals surface area contributed by atoms with E-state index in [0.29, 0.717) is 35.1 Å². The molecule has 0 spiro atoms. The van der Waals surface area contributed by atoms with E-state index in [0.717, 1.165) is 18.6 Å². The van der Waals surface area contributed by atoms with Gasteiger partial charge in [-0.3, -0.25) is 9.59 Å². The van der Waals surface area contributed by atoms with Crippen molar-refractivity contribution in [2.24, 2.45) is 0 Å². The van der Waals surface area contributed by atoms with Crippen molar-refractivity contribution in [2.45, 2.75) is 32.2 Å². The molecule has 2 N–H and O–H groups in total. The first-order valence-electron chi connectivity index (χ1n) is 9.53. The van der Waals surface area contributed by atoms with Gasteiger partial charge in [0.15, 0.2) is 5.76 Å². The van der Waals surface area contributed by atoms with Crippen LogP contribution in [0.3, 0.4) is 0 Å². The van der Waals surface area contributed by atoms with Crippen molar-refractivity contribution in [2.75, 3.05) is 6.54 Å². The molecular formula is C21H21ClN4O3. The van der Waals surface area contributed by atoms with E-state index >= 15 is 0 Å². The molecule has 2 aromatic heterocycles. The summed E-state index contributed by atoms with van der Waals surface area (Å²) in [6.07, 6.45) is 2.37. The Bertz CT molecular complexity index is 1060. The molecule has 29 heavy (non-hydrogen) atoms. The summed E-state index contributed by atoms with van der Waals surface area (Å²) in [7, 11) is 0. The smallest absolute Gasteiger partial charge is 0.270 e. The lowest BCUT2D eigenvalue weighted by Crippen LogP contribution is -2.45. The first-order valence-corrected chi connectivity index (χ1v) is 9.91. The lowest BCUT2D eigenvalue weighted by atomic mass is 10.1. The number of carbonyl (C=O) groups excluding carboxylic acids is 2. The fourth-order valence-corrected chi connectivity index (χ4v) is 3.57. The van der Waals surface area contributed by atoms with E-state index in [1.165, 1.54) is 4.68 Å². The topological polar surface area (TPSA) is 89.2 Å². The number of aryl methyl sites for hydroxylation is 1. The quantitative estimate of drug-likeness (QED) is 0.686. The molecule has 0 saturated carbocycles. The summed E-state index contributed by atoms with van der Waals surface area (Å²) in [5.74, 6) is 0.735. The van der Waals surface area contributed by atoms with Gasteiger partial charge >= 0.3 is 0 Å². The van der Waals surface area contributed by atoms with Crippen molar-refractivity contribution < 1.29 is 14.0 Å². The van der Waals surface area contributed by atoms with Crippen LogP contribution in [-0.2, 0) is 4.79 Å². The van der Waals surface area contributed by atoms with E-state index in [9.17, 15) is 9.59 Å². The number of hydrogen-bond acceptors (Lipinski definition) is 4. The van der Waals surface area contributed by atoms with Gasteiger partial charge in [0, 0.05) is 12.6 Å². The Balaban J connectivity index is 1.72. The van der Waals surface area contributed by atoms with Crippen LogP contribution in [0.2, 0.25) is 5.02 Å². The van der Waals surface area contributed by atoms with Crippen LogP contribution in [0.25, 0.3) is 17.1 Å². The molecule has 0 aliphatic carbocycles. The summed E-state index contributed by atoms with van der Waals surface area (Å²) in [6.45, 7) is 2.47. The molecule has 1 aliphatic rings. The van der Waals surface area contributed by atoms with Crippen LogP contribution in [0.5, 0.6) is 0 Å². The highest BCUT2D eigenvalue weighted by Crippen LogP contribution is 2.27. The third kappa shape index (κ3) is 4.05.